The Balaban J connectivity index is 0. The van der Waals surface area contributed by atoms with E-state index in [9.17, 15) is 0 Å². The SMILES string of the molecule is C[Si](C)(C)C1=CC=CC1.[H-].[Li+]. The predicted octanol–water partition coefficient (Wildman–Crippen LogP) is -0.133. The Kier molecular flexibility index (Phi) is 3.72. The number of rotatable bonds is 1. The third-order valence-electron chi connectivity index (χ3n) is 1.73. The molecule has 10 heavy (non-hydrogen) atoms. The second-order valence-electron chi connectivity index (χ2n) is 3.57. The van der Waals surface area contributed by atoms with E-state index >= 15 is 0 Å². The molecule has 2 heteroatoms. The van der Waals surface area contributed by atoms with Crippen LogP contribution in [0.4, 0.5) is 0 Å². The molecule has 0 saturated carbocycles. The fraction of sp³-hybridized carbons (Fsp3) is 0.500. The molecule has 0 amide bonds. The summed E-state index contributed by atoms with van der Waals surface area (Å²) in [5, 5.41) is 1.68. The summed E-state index contributed by atoms with van der Waals surface area (Å²) in [6.07, 6.45) is 7.92. The molecule has 0 aromatic carbocycles. The molecule has 1 rings (SSSR count). The molecule has 0 fully saturated rings. The minimum atomic E-state index is -0.926. The molecule has 0 unspecified atom stereocenters. The van der Waals surface area contributed by atoms with Crippen LogP contribution >= 0.6 is 0 Å². The van der Waals surface area contributed by atoms with Crippen LogP contribution < -0.4 is 18.9 Å². The average molecular weight is 146 g/mol. The van der Waals surface area contributed by atoms with Gasteiger partial charge >= 0.3 is 18.9 Å². The molecule has 0 heterocycles. The van der Waals surface area contributed by atoms with Crippen molar-refractivity contribution >= 4 is 8.07 Å². The van der Waals surface area contributed by atoms with Crippen LogP contribution in [0.15, 0.2) is 23.4 Å². The first-order valence-electron chi connectivity index (χ1n) is 3.47. The third-order valence-corrected chi connectivity index (χ3v) is 4.03. The van der Waals surface area contributed by atoms with Crippen molar-refractivity contribution in [1.29, 1.82) is 0 Å². The minimum Gasteiger partial charge on any atom is -1.00 e. The van der Waals surface area contributed by atoms with E-state index in [2.05, 4.69) is 37.9 Å². The van der Waals surface area contributed by atoms with Gasteiger partial charge in [0.1, 0.15) is 0 Å². The molecule has 0 nitrogen and oxygen atoms in total. The summed E-state index contributed by atoms with van der Waals surface area (Å²) in [5.41, 5.74) is 0. The zero-order valence-corrected chi connectivity index (χ0v) is 8.44. The Hall–Kier alpha value is 0.294. The maximum Gasteiger partial charge on any atom is 1.00 e. The van der Waals surface area contributed by atoms with E-state index in [-0.39, 0.29) is 20.3 Å². The summed E-state index contributed by atoms with van der Waals surface area (Å²) < 4.78 is 0. The van der Waals surface area contributed by atoms with Gasteiger partial charge in [-0.1, -0.05) is 43.1 Å². The minimum absolute atomic E-state index is 0. The van der Waals surface area contributed by atoms with Crippen LogP contribution in [0, 0.1) is 0 Å². The fourth-order valence-electron chi connectivity index (χ4n) is 1.00. The van der Waals surface area contributed by atoms with Crippen LogP contribution in [0.3, 0.4) is 0 Å². The summed E-state index contributed by atoms with van der Waals surface area (Å²) in [5.74, 6) is 0. The molecule has 0 bridgehead atoms. The van der Waals surface area contributed by atoms with E-state index in [1.54, 1.807) is 5.20 Å². The molecule has 0 aromatic rings. The van der Waals surface area contributed by atoms with Crippen LogP contribution in [-0.4, -0.2) is 8.07 Å². The van der Waals surface area contributed by atoms with Gasteiger partial charge < -0.3 is 1.43 Å². The van der Waals surface area contributed by atoms with Gasteiger partial charge in [-0.3, -0.25) is 0 Å². The Morgan fingerprint density at radius 1 is 1.40 bits per heavy atom. The first-order valence-corrected chi connectivity index (χ1v) is 6.97. The Morgan fingerprint density at radius 2 is 2.00 bits per heavy atom. The van der Waals surface area contributed by atoms with Crippen LogP contribution in [0.1, 0.15) is 7.85 Å². The normalized spacial score (nSPS) is 16.5. The van der Waals surface area contributed by atoms with Crippen LogP contribution in [0.5, 0.6) is 0 Å². The van der Waals surface area contributed by atoms with Crippen molar-refractivity contribution in [2.75, 3.05) is 0 Å². The van der Waals surface area contributed by atoms with Crippen molar-refractivity contribution in [3.8, 4) is 0 Å². The largest absolute Gasteiger partial charge is 1.00 e. The molecule has 0 aliphatic heterocycles. The first kappa shape index (κ1) is 10.3. The second kappa shape index (κ2) is 3.62. The summed E-state index contributed by atoms with van der Waals surface area (Å²) in [6, 6.07) is 0. The Bertz CT molecular complexity index is 167. The van der Waals surface area contributed by atoms with Crippen molar-refractivity contribution in [3.63, 3.8) is 0 Å². The van der Waals surface area contributed by atoms with Crippen molar-refractivity contribution in [3.05, 3.63) is 23.4 Å². The summed E-state index contributed by atoms with van der Waals surface area (Å²) in [7, 11) is -0.926. The van der Waals surface area contributed by atoms with Gasteiger partial charge in [0.05, 0.1) is 8.07 Å². The van der Waals surface area contributed by atoms with E-state index in [0.29, 0.717) is 0 Å². The van der Waals surface area contributed by atoms with Crippen molar-refractivity contribution in [1.82, 2.24) is 0 Å². The van der Waals surface area contributed by atoms with E-state index in [0.717, 1.165) is 0 Å². The maximum atomic E-state index is 2.39. The number of hydrogen-bond donors (Lipinski definition) is 0. The molecule has 0 aromatic heterocycles. The number of allylic oxidation sites excluding steroid dienone is 4. The number of hydrogen-bond acceptors (Lipinski definition) is 0. The van der Waals surface area contributed by atoms with Gasteiger partial charge in [0.25, 0.3) is 0 Å². The molecular formula is C8H15LiSi. The monoisotopic (exact) mass is 146 g/mol. The molecule has 1 aliphatic carbocycles. The van der Waals surface area contributed by atoms with Gasteiger partial charge in [-0.05, 0) is 6.42 Å². The smallest absolute Gasteiger partial charge is 1.00 e. The van der Waals surface area contributed by atoms with E-state index in [1.165, 1.54) is 6.42 Å². The molecule has 0 N–H and O–H groups in total. The van der Waals surface area contributed by atoms with Crippen LogP contribution in [-0.2, 0) is 0 Å². The van der Waals surface area contributed by atoms with Gasteiger partial charge in [0.2, 0.25) is 0 Å². The van der Waals surface area contributed by atoms with Gasteiger partial charge in [0, 0.05) is 0 Å². The molecule has 0 saturated heterocycles. The first-order chi connectivity index (χ1) is 4.11. The molecular weight excluding hydrogens is 131 g/mol. The Morgan fingerprint density at radius 3 is 2.20 bits per heavy atom. The standard InChI is InChI=1S/C8H14Si.Li.H/c1-9(2,3)8-6-4-5-7-8;;/h4-6H,7H2,1-3H3;;/q;+1;-1. The average Bonchev–Trinajstić information content (AvgIpc) is 2.08. The van der Waals surface area contributed by atoms with Crippen LogP contribution in [0.2, 0.25) is 19.6 Å². The van der Waals surface area contributed by atoms with Crippen LogP contribution in [0.25, 0.3) is 0 Å². The van der Waals surface area contributed by atoms with Crippen molar-refractivity contribution < 1.29 is 20.3 Å². The Labute approximate surface area is 78.1 Å². The van der Waals surface area contributed by atoms with Gasteiger partial charge in [-0.25, -0.2) is 0 Å². The van der Waals surface area contributed by atoms with E-state index < -0.39 is 8.07 Å². The summed E-state index contributed by atoms with van der Waals surface area (Å²) in [4.78, 5) is 0. The zero-order valence-electron chi connectivity index (χ0n) is 8.44. The second-order valence-corrected chi connectivity index (χ2v) is 8.72. The fourth-order valence-corrected chi connectivity index (χ4v) is 2.33. The van der Waals surface area contributed by atoms with Gasteiger partial charge in [-0.15, -0.1) is 0 Å². The molecule has 1 aliphatic rings. The topological polar surface area (TPSA) is 0 Å². The third kappa shape index (κ3) is 2.50. The van der Waals surface area contributed by atoms with Gasteiger partial charge in [0.15, 0.2) is 0 Å². The predicted molar refractivity (Wildman–Crippen MR) is 46.3 cm³/mol. The quantitative estimate of drug-likeness (QED) is 0.452. The van der Waals surface area contributed by atoms with E-state index in [4.69, 9.17) is 0 Å². The van der Waals surface area contributed by atoms with Gasteiger partial charge in [-0.2, -0.15) is 0 Å². The van der Waals surface area contributed by atoms with E-state index in [1.807, 2.05) is 0 Å². The van der Waals surface area contributed by atoms with Crippen molar-refractivity contribution in [2.45, 2.75) is 26.1 Å². The maximum absolute atomic E-state index is 2.39. The molecule has 0 spiro atoms. The van der Waals surface area contributed by atoms with Crippen molar-refractivity contribution in [2.24, 2.45) is 0 Å². The molecule has 0 radical (unpaired) electrons. The summed E-state index contributed by atoms with van der Waals surface area (Å²) >= 11 is 0. The summed E-state index contributed by atoms with van der Waals surface area (Å²) in [6.45, 7) is 7.18. The zero-order chi connectivity index (χ0) is 6.91. The molecule has 52 valence electrons. The molecule has 0 atom stereocenters.